The number of fused-ring (bicyclic) bond motifs is 4. The third-order valence-electron chi connectivity index (χ3n) is 8.74. The van der Waals surface area contributed by atoms with Crippen LogP contribution in [0.1, 0.15) is 58.2 Å². The number of para-hydroxylation sites is 1. The van der Waals surface area contributed by atoms with E-state index >= 15 is 0 Å². The van der Waals surface area contributed by atoms with Crippen LogP contribution in [-0.4, -0.2) is 32.6 Å². The van der Waals surface area contributed by atoms with Gasteiger partial charge in [-0.1, -0.05) is 65.8 Å². The van der Waals surface area contributed by atoms with E-state index in [0.717, 1.165) is 39.6 Å². The minimum absolute atomic E-state index is 0.0182. The summed E-state index contributed by atoms with van der Waals surface area (Å²) in [5.74, 6) is 2.53. The molecular formula is C39H40N4O. The van der Waals surface area contributed by atoms with E-state index in [1.54, 1.807) is 0 Å². The summed E-state index contributed by atoms with van der Waals surface area (Å²) in [6, 6.07) is 25.9. The highest BCUT2D eigenvalue weighted by Crippen LogP contribution is 2.39. The maximum absolute atomic E-state index is 6.73. The monoisotopic (exact) mass is 580 g/mol. The maximum Gasteiger partial charge on any atom is 0.137 e. The molecule has 0 amide bonds. The zero-order chi connectivity index (χ0) is 30.8. The van der Waals surface area contributed by atoms with Crippen LogP contribution in [0.15, 0.2) is 110 Å². The van der Waals surface area contributed by atoms with Crippen molar-refractivity contribution in [3.8, 4) is 17.3 Å². The van der Waals surface area contributed by atoms with Crippen molar-refractivity contribution in [1.29, 1.82) is 0 Å². The number of pyridine rings is 1. The van der Waals surface area contributed by atoms with E-state index in [0.29, 0.717) is 0 Å². The third kappa shape index (κ3) is 4.86. The van der Waals surface area contributed by atoms with Gasteiger partial charge in [0.2, 0.25) is 0 Å². The number of likely N-dealkylation sites (N-methyl/N-ethyl adjacent to an activating group) is 1. The quantitative estimate of drug-likeness (QED) is 0.212. The van der Waals surface area contributed by atoms with Crippen LogP contribution < -0.4 is 4.74 Å². The number of hydrogen-bond acceptors (Lipinski definition) is 4. The predicted octanol–water partition coefficient (Wildman–Crippen LogP) is 9.52. The SMILES string of the molecule is CN1C=C(c2cc(Oc3ccc4c5ccccc5n(-c5cc(C(C)(C)C)ccn5)c4c3)cc(C(C)(C)C)c2)N2C=CC=CC12. The normalized spacial score (nSPS) is 16.6. The maximum atomic E-state index is 6.73. The minimum atomic E-state index is -0.0453. The summed E-state index contributed by atoms with van der Waals surface area (Å²) in [7, 11) is 2.12. The Morgan fingerprint density at radius 3 is 2.30 bits per heavy atom. The van der Waals surface area contributed by atoms with Crippen molar-refractivity contribution in [3.63, 3.8) is 0 Å². The molecule has 0 saturated carbocycles. The van der Waals surface area contributed by atoms with Gasteiger partial charge in [0.1, 0.15) is 23.5 Å². The Morgan fingerprint density at radius 2 is 1.50 bits per heavy atom. The van der Waals surface area contributed by atoms with Crippen LogP contribution in [0.4, 0.5) is 0 Å². The van der Waals surface area contributed by atoms with Crippen molar-refractivity contribution in [1.82, 2.24) is 19.4 Å². The molecule has 1 unspecified atom stereocenters. The van der Waals surface area contributed by atoms with Crippen LogP contribution in [0.5, 0.6) is 11.5 Å². The molecular weight excluding hydrogens is 540 g/mol. The fraction of sp³-hybridized carbons (Fsp3) is 0.256. The average Bonchev–Trinajstić information content (AvgIpc) is 3.51. The molecule has 0 radical (unpaired) electrons. The standard InChI is InChI=1S/C39H40N4O/c1-38(2,3)27-17-18-40-36(23-27)43-33-13-9-8-12-31(33)32-16-15-29(24-34(32)43)44-30-21-26(20-28(22-30)39(4,5)6)35-25-41(7)37-14-10-11-19-42(35)37/h8-25,37H,1-7H3. The van der Waals surface area contributed by atoms with E-state index in [9.17, 15) is 0 Å². The van der Waals surface area contributed by atoms with Crippen LogP contribution in [0.2, 0.25) is 0 Å². The topological polar surface area (TPSA) is 33.5 Å². The lowest BCUT2D eigenvalue weighted by molar-refractivity contribution is 0.282. The van der Waals surface area contributed by atoms with Crippen LogP contribution >= 0.6 is 0 Å². The van der Waals surface area contributed by atoms with Crippen LogP contribution in [0, 0.1) is 0 Å². The zero-order valence-electron chi connectivity index (χ0n) is 26.7. The molecule has 222 valence electrons. The Kier molecular flexibility index (Phi) is 6.47. The molecule has 4 heterocycles. The molecule has 2 aliphatic heterocycles. The summed E-state index contributed by atoms with van der Waals surface area (Å²) in [6.45, 7) is 13.5. The van der Waals surface area contributed by atoms with Crippen LogP contribution in [0.3, 0.4) is 0 Å². The predicted molar refractivity (Wildman–Crippen MR) is 182 cm³/mol. The molecule has 5 aromatic rings. The molecule has 5 nitrogen and oxygen atoms in total. The molecule has 0 bridgehead atoms. The van der Waals surface area contributed by atoms with Gasteiger partial charge in [0, 0.05) is 48.0 Å². The van der Waals surface area contributed by atoms with Gasteiger partial charge in [0.15, 0.2) is 0 Å². The Balaban J connectivity index is 1.34. The van der Waals surface area contributed by atoms with Gasteiger partial charge < -0.3 is 14.5 Å². The van der Waals surface area contributed by atoms with Crippen molar-refractivity contribution in [2.24, 2.45) is 0 Å². The highest BCUT2D eigenvalue weighted by Gasteiger charge is 2.30. The first-order chi connectivity index (χ1) is 21.0. The number of ether oxygens (including phenoxy) is 1. The van der Waals surface area contributed by atoms with Gasteiger partial charge in [-0.05, 0) is 82.6 Å². The van der Waals surface area contributed by atoms with Crippen molar-refractivity contribution in [2.75, 3.05) is 7.05 Å². The molecule has 0 spiro atoms. The lowest BCUT2D eigenvalue weighted by atomic mass is 9.85. The summed E-state index contributed by atoms with van der Waals surface area (Å²) in [4.78, 5) is 9.40. The molecule has 0 aliphatic carbocycles. The Hall–Kier alpha value is -4.77. The van der Waals surface area contributed by atoms with E-state index in [4.69, 9.17) is 9.72 Å². The second-order valence-corrected chi connectivity index (χ2v) is 14.0. The first-order valence-electron chi connectivity index (χ1n) is 15.4. The van der Waals surface area contributed by atoms with E-state index < -0.39 is 0 Å². The lowest BCUT2D eigenvalue weighted by Crippen LogP contribution is -2.33. The zero-order valence-corrected chi connectivity index (χ0v) is 26.7. The van der Waals surface area contributed by atoms with Crippen molar-refractivity contribution < 1.29 is 4.74 Å². The van der Waals surface area contributed by atoms with Gasteiger partial charge in [-0.15, -0.1) is 0 Å². The fourth-order valence-electron chi connectivity index (χ4n) is 6.24. The van der Waals surface area contributed by atoms with E-state index in [1.165, 1.54) is 21.9 Å². The van der Waals surface area contributed by atoms with Gasteiger partial charge in [-0.25, -0.2) is 4.98 Å². The number of allylic oxidation sites excluding steroid dienone is 2. The summed E-state index contributed by atoms with van der Waals surface area (Å²) < 4.78 is 8.99. The summed E-state index contributed by atoms with van der Waals surface area (Å²) in [5, 5.41) is 2.37. The van der Waals surface area contributed by atoms with Crippen LogP contribution in [0.25, 0.3) is 33.3 Å². The van der Waals surface area contributed by atoms with E-state index in [1.807, 2.05) is 6.20 Å². The minimum Gasteiger partial charge on any atom is -0.457 e. The summed E-state index contributed by atoms with van der Waals surface area (Å²) >= 11 is 0. The molecule has 3 aromatic carbocycles. The summed E-state index contributed by atoms with van der Waals surface area (Å²) in [6.07, 6.45) is 12.9. The second kappa shape index (κ2) is 10.2. The number of rotatable bonds is 4. The smallest absolute Gasteiger partial charge is 0.137 e. The number of hydrogen-bond donors (Lipinski definition) is 0. The van der Waals surface area contributed by atoms with Gasteiger partial charge >= 0.3 is 0 Å². The Labute approximate surface area is 260 Å². The molecule has 0 saturated heterocycles. The number of nitrogens with zero attached hydrogens (tertiary/aromatic N) is 4. The molecule has 0 fully saturated rings. The van der Waals surface area contributed by atoms with Gasteiger partial charge in [-0.2, -0.15) is 0 Å². The van der Waals surface area contributed by atoms with Crippen LogP contribution in [-0.2, 0) is 10.8 Å². The number of benzene rings is 3. The lowest BCUT2D eigenvalue weighted by Gasteiger charge is -2.29. The van der Waals surface area contributed by atoms with E-state index in [2.05, 4.69) is 166 Å². The molecule has 2 aromatic heterocycles. The largest absolute Gasteiger partial charge is 0.457 e. The van der Waals surface area contributed by atoms with Gasteiger partial charge in [-0.3, -0.25) is 4.57 Å². The number of aromatic nitrogens is 2. The average molecular weight is 581 g/mol. The third-order valence-corrected chi connectivity index (χ3v) is 8.74. The Morgan fingerprint density at radius 1 is 0.727 bits per heavy atom. The first kappa shape index (κ1) is 28.0. The van der Waals surface area contributed by atoms with Crippen molar-refractivity contribution >= 4 is 27.5 Å². The van der Waals surface area contributed by atoms with Crippen molar-refractivity contribution in [2.45, 2.75) is 58.5 Å². The molecule has 44 heavy (non-hydrogen) atoms. The molecule has 5 heteroatoms. The highest BCUT2D eigenvalue weighted by atomic mass is 16.5. The Bertz CT molecular complexity index is 2000. The van der Waals surface area contributed by atoms with Gasteiger partial charge in [0.25, 0.3) is 0 Å². The van der Waals surface area contributed by atoms with Crippen molar-refractivity contribution in [3.05, 3.63) is 126 Å². The fourth-order valence-corrected chi connectivity index (χ4v) is 6.24. The molecule has 0 N–H and O–H groups in total. The van der Waals surface area contributed by atoms with Gasteiger partial charge in [0.05, 0.1) is 16.7 Å². The molecule has 1 atom stereocenters. The summed E-state index contributed by atoms with van der Waals surface area (Å²) in [5.41, 5.74) is 6.95. The highest BCUT2D eigenvalue weighted by molar-refractivity contribution is 6.09. The molecule has 2 aliphatic rings. The molecule has 7 rings (SSSR count). The van der Waals surface area contributed by atoms with E-state index in [-0.39, 0.29) is 17.0 Å². The second-order valence-electron chi connectivity index (χ2n) is 14.0. The first-order valence-corrected chi connectivity index (χ1v) is 15.4.